The summed E-state index contributed by atoms with van der Waals surface area (Å²) < 4.78 is 28.5. The average molecular weight is 476 g/mol. The Morgan fingerprint density at radius 3 is 2.36 bits per heavy atom. The Morgan fingerprint density at radius 1 is 0.970 bits per heavy atom. The molecule has 5 rings (SSSR count). The number of aromatic nitrogens is 3. The maximum absolute atomic E-state index is 13.6. The average Bonchev–Trinajstić information content (AvgIpc) is 3.07. The van der Waals surface area contributed by atoms with Crippen molar-refractivity contribution in [3.8, 4) is 0 Å². The number of benzene rings is 3. The molecule has 9 heteroatoms. The summed E-state index contributed by atoms with van der Waals surface area (Å²) in [6.45, 7) is 1.98. The molecule has 0 aliphatic rings. The zero-order valence-corrected chi connectivity index (χ0v) is 19.0. The molecule has 3 aromatic carbocycles. The van der Waals surface area contributed by atoms with Gasteiger partial charge in [0.2, 0.25) is 9.84 Å². The van der Waals surface area contributed by atoms with Gasteiger partial charge in [-0.25, -0.2) is 18.4 Å². The first-order valence-corrected chi connectivity index (χ1v) is 11.9. The number of fused-ring (bicyclic) bond motifs is 2. The number of nitrogens with two attached hydrogens (primary N) is 1. The predicted octanol–water partition coefficient (Wildman–Crippen LogP) is 4.84. The van der Waals surface area contributed by atoms with Gasteiger partial charge in [-0.3, -0.25) is 0 Å². The van der Waals surface area contributed by atoms with E-state index in [2.05, 4.69) is 15.1 Å². The highest BCUT2D eigenvalue weighted by Crippen LogP contribution is 2.35. The molecule has 0 aliphatic heterocycles. The molecule has 0 fully saturated rings. The van der Waals surface area contributed by atoms with Gasteiger partial charge in [0, 0.05) is 5.02 Å². The topological polar surface area (TPSA) is 103 Å². The molecule has 0 aliphatic carbocycles. The maximum atomic E-state index is 13.6. The summed E-state index contributed by atoms with van der Waals surface area (Å²) in [5, 5.41) is 4.90. The minimum absolute atomic E-state index is 0.0512. The van der Waals surface area contributed by atoms with Crippen LogP contribution in [0, 0.1) is 6.92 Å². The summed E-state index contributed by atoms with van der Waals surface area (Å²) in [6.07, 6.45) is 1.61. The van der Waals surface area contributed by atoms with Crippen LogP contribution < -0.4 is 5.73 Å². The van der Waals surface area contributed by atoms with Gasteiger partial charge in [-0.05, 0) is 48.9 Å². The molecule has 0 atom stereocenters. The Bertz CT molecular complexity index is 1660. The molecule has 0 bridgehead atoms. The zero-order chi connectivity index (χ0) is 23.2. The first kappa shape index (κ1) is 21.1. The molecule has 2 heterocycles. The van der Waals surface area contributed by atoms with Crippen molar-refractivity contribution in [2.75, 3.05) is 5.73 Å². The molecular weight excluding hydrogens is 458 g/mol. The van der Waals surface area contributed by atoms with Crippen LogP contribution in [0.25, 0.3) is 22.2 Å². The van der Waals surface area contributed by atoms with Crippen molar-refractivity contribution < 1.29 is 8.42 Å². The second kappa shape index (κ2) is 7.99. The van der Waals surface area contributed by atoms with E-state index in [0.717, 1.165) is 11.1 Å². The normalized spacial score (nSPS) is 12.2. The number of hydrogen-bond donors (Lipinski definition) is 1. The first-order valence-electron chi connectivity index (χ1n) is 10.0. The smallest absolute Gasteiger partial charge is 0.212 e. The van der Waals surface area contributed by atoms with Crippen LogP contribution in [0.1, 0.15) is 11.1 Å². The van der Waals surface area contributed by atoms with Crippen LogP contribution in [0.2, 0.25) is 5.02 Å². The largest absolute Gasteiger partial charge is 0.382 e. The summed E-state index contributed by atoms with van der Waals surface area (Å²) in [5.74, 6) is -0.0702. The van der Waals surface area contributed by atoms with Crippen molar-refractivity contribution in [1.82, 2.24) is 14.6 Å². The lowest BCUT2D eigenvalue weighted by Gasteiger charge is -2.05. The van der Waals surface area contributed by atoms with Crippen LogP contribution in [-0.2, 0) is 9.84 Å². The molecule has 164 valence electrons. The lowest BCUT2D eigenvalue weighted by atomic mass is 10.2. The van der Waals surface area contributed by atoms with E-state index in [9.17, 15) is 8.42 Å². The van der Waals surface area contributed by atoms with Gasteiger partial charge in [-0.15, -0.1) is 0 Å². The number of sulfone groups is 1. The Balaban J connectivity index is 1.79. The van der Waals surface area contributed by atoms with Crippen LogP contribution in [0.5, 0.6) is 0 Å². The molecular formula is C24H18ClN5O2S. The number of aryl methyl sites for hydroxylation is 1. The van der Waals surface area contributed by atoms with Gasteiger partial charge in [-0.1, -0.05) is 53.6 Å². The molecule has 0 radical (unpaired) electrons. The second-order valence-electron chi connectivity index (χ2n) is 7.53. The van der Waals surface area contributed by atoms with Gasteiger partial charge in [-0.2, -0.15) is 9.78 Å². The highest BCUT2D eigenvalue weighted by molar-refractivity contribution is 7.92. The predicted molar refractivity (Wildman–Crippen MR) is 131 cm³/mol. The molecule has 2 aromatic heterocycles. The number of hydrogen-bond acceptors (Lipinski definition) is 6. The van der Waals surface area contributed by atoms with Crippen molar-refractivity contribution in [3.05, 3.63) is 88.9 Å². The molecule has 2 N–H and O–H groups in total. The van der Waals surface area contributed by atoms with Gasteiger partial charge < -0.3 is 5.73 Å². The van der Waals surface area contributed by atoms with Gasteiger partial charge in [0.15, 0.2) is 5.65 Å². The number of nitrogen functional groups attached to an aromatic ring is 1. The maximum Gasteiger partial charge on any atom is 0.212 e. The minimum Gasteiger partial charge on any atom is -0.382 e. The van der Waals surface area contributed by atoms with Gasteiger partial charge >= 0.3 is 0 Å². The molecule has 0 amide bonds. The van der Waals surface area contributed by atoms with Crippen molar-refractivity contribution >= 4 is 55.7 Å². The fourth-order valence-electron chi connectivity index (χ4n) is 3.61. The van der Waals surface area contributed by atoms with Crippen LogP contribution >= 0.6 is 11.6 Å². The fourth-order valence-corrected chi connectivity index (χ4v) is 5.22. The van der Waals surface area contributed by atoms with E-state index in [1.54, 1.807) is 18.3 Å². The number of anilines is 1. The van der Waals surface area contributed by atoms with Crippen molar-refractivity contribution in [2.45, 2.75) is 16.7 Å². The monoisotopic (exact) mass is 475 g/mol. The van der Waals surface area contributed by atoms with Gasteiger partial charge in [0.05, 0.1) is 22.1 Å². The quantitative estimate of drug-likeness (QED) is 0.374. The van der Waals surface area contributed by atoms with E-state index in [1.165, 1.54) is 28.9 Å². The van der Waals surface area contributed by atoms with E-state index in [-0.39, 0.29) is 26.8 Å². The summed E-state index contributed by atoms with van der Waals surface area (Å²) in [4.78, 5) is 9.14. The molecule has 33 heavy (non-hydrogen) atoms. The molecule has 0 saturated carbocycles. The molecule has 7 nitrogen and oxygen atoms in total. The van der Waals surface area contributed by atoms with E-state index in [1.807, 2.05) is 43.3 Å². The molecule has 5 aromatic rings. The Labute approximate surface area is 195 Å². The highest BCUT2D eigenvalue weighted by Gasteiger charge is 2.30. The van der Waals surface area contributed by atoms with Crippen molar-refractivity contribution in [3.63, 3.8) is 0 Å². The second-order valence-corrected chi connectivity index (χ2v) is 9.85. The van der Waals surface area contributed by atoms with E-state index >= 15 is 0 Å². The van der Waals surface area contributed by atoms with Crippen LogP contribution in [-0.4, -0.2) is 29.3 Å². The lowest BCUT2D eigenvalue weighted by Crippen LogP contribution is -2.06. The van der Waals surface area contributed by atoms with Gasteiger partial charge in [0.1, 0.15) is 16.2 Å². The number of para-hydroxylation sites is 2. The molecule has 0 unspecified atom stereocenters. The molecule has 0 spiro atoms. The third kappa shape index (κ3) is 3.73. The van der Waals surface area contributed by atoms with Crippen molar-refractivity contribution in [1.29, 1.82) is 0 Å². The Kier molecular flexibility index (Phi) is 5.11. The van der Waals surface area contributed by atoms with Crippen LogP contribution in [0.3, 0.4) is 0 Å². The Morgan fingerprint density at radius 2 is 1.67 bits per heavy atom. The zero-order valence-electron chi connectivity index (χ0n) is 17.5. The number of rotatable bonds is 4. The van der Waals surface area contributed by atoms with E-state index in [4.69, 9.17) is 17.3 Å². The summed E-state index contributed by atoms with van der Waals surface area (Å²) >= 11 is 5.95. The number of halogens is 1. The van der Waals surface area contributed by atoms with Crippen LogP contribution in [0.15, 0.2) is 87.7 Å². The lowest BCUT2D eigenvalue weighted by molar-refractivity contribution is 0.597. The highest BCUT2D eigenvalue weighted by atomic mass is 35.5. The van der Waals surface area contributed by atoms with Crippen molar-refractivity contribution in [2.24, 2.45) is 5.10 Å². The van der Waals surface area contributed by atoms with Gasteiger partial charge in [0.25, 0.3) is 0 Å². The summed E-state index contributed by atoms with van der Waals surface area (Å²) in [7, 11) is -4.03. The SMILES string of the molecule is Cc1cccc(C=Nn2c(N)c(S(=O)(=O)c3ccc(Cl)cc3)c3nc4ccccc4nc32)c1. The fraction of sp³-hybridized carbons (Fsp3) is 0.0417. The van der Waals surface area contributed by atoms with E-state index < -0.39 is 9.84 Å². The Hall–Kier alpha value is -3.75. The van der Waals surface area contributed by atoms with E-state index in [0.29, 0.717) is 16.1 Å². The third-order valence-corrected chi connectivity index (χ3v) is 7.27. The molecule has 0 saturated heterocycles. The number of nitrogens with zero attached hydrogens (tertiary/aromatic N) is 4. The standard InChI is InChI=1S/C24H18ClN5O2S/c1-15-5-4-6-16(13-15)14-27-30-23(26)22(33(31,32)18-11-9-17(25)10-12-18)21-24(30)29-20-8-3-2-7-19(20)28-21/h2-14H,26H2,1H3. The minimum atomic E-state index is -4.03. The summed E-state index contributed by atoms with van der Waals surface area (Å²) in [6, 6.07) is 20.9. The first-order chi connectivity index (χ1) is 15.8. The van der Waals surface area contributed by atoms with Crippen LogP contribution in [0.4, 0.5) is 5.82 Å². The summed E-state index contributed by atoms with van der Waals surface area (Å²) in [5.41, 5.74) is 9.86. The third-order valence-electron chi connectivity index (χ3n) is 5.19.